The minimum Gasteiger partial charge on any atom is -0.492 e. The Morgan fingerprint density at radius 3 is 2.26 bits per heavy atom. The molecule has 0 heterocycles. The normalized spacial score (nSPS) is 11.9. The van der Waals surface area contributed by atoms with E-state index in [4.69, 9.17) is 16.3 Å². The Labute approximate surface area is 235 Å². The zero-order chi connectivity index (χ0) is 28.4. The van der Waals surface area contributed by atoms with Gasteiger partial charge in [0.05, 0.1) is 18.6 Å². The summed E-state index contributed by atoms with van der Waals surface area (Å²) in [6, 6.07) is 22.1. The van der Waals surface area contributed by atoms with Crippen LogP contribution in [0.4, 0.5) is 5.69 Å². The van der Waals surface area contributed by atoms with Crippen LogP contribution in [0.5, 0.6) is 5.75 Å². The summed E-state index contributed by atoms with van der Waals surface area (Å²) in [4.78, 5) is 28.8. The summed E-state index contributed by atoms with van der Waals surface area (Å²) in [5, 5.41) is 3.32. The number of para-hydroxylation sites is 2. The van der Waals surface area contributed by atoms with Crippen molar-refractivity contribution >= 4 is 39.1 Å². The van der Waals surface area contributed by atoms with Gasteiger partial charge in [0.15, 0.2) is 0 Å². The molecule has 8 nitrogen and oxygen atoms in total. The maximum Gasteiger partial charge on any atom is 0.244 e. The lowest BCUT2D eigenvalue weighted by molar-refractivity contribution is -0.140. The highest BCUT2D eigenvalue weighted by atomic mass is 35.5. The van der Waals surface area contributed by atoms with Gasteiger partial charge in [0.1, 0.15) is 18.3 Å². The van der Waals surface area contributed by atoms with Crippen LogP contribution >= 0.6 is 11.6 Å². The fourth-order valence-corrected chi connectivity index (χ4v) is 5.28. The van der Waals surface area contributed by atoms with E-state index < -0.39 is 28.5 Å². The van der Waals surface area contributed by atoms with Gasteiger partial charge in [-0.15, -0.1) is 0 Å². The molecule has 1 unspecified atom stereocenters. The smallest absolute Gasteiger partial charge is 0.244 e. The van der Waals surface area contributed by atoms with E-state index in [0.29, 0.717) is 29.5 Å². The predicted octanol–water partition coefficient (Wildman–Crippen LogP) is 4.28. The van der Waals surface area contributed by atoms with E-state index in [1.807, 2.05) is 36.4 Å². The van der Waals surface area contributed by atoms with Gasteiger partial charge in [0.2, 0.25) is 21.8 Å². The van der Waals surface area contributed by atoms with Crippen molar-refractivity contribution in [1.82, 2.24) is 10.2 Å². The number of halogens is 1. The van der Waals surface area contributed by atoms with Gasteiger partial charge in [-0.2, -0.15) is 0 Å². The lowest BCUT2D eigenvalue weighted by Gasteiger charge is -2.33. The highest BCUT2D eigenvalue weighted by Crippen LogP contribution is 2.30. The number of anilines is 1. The molecule has 3 rings (SSSR count). The standard InChI is InChI=1S/C29H34ClN3O5S/c1-4-31-29(35)26(19-22-12-7-6-8-13-22)32(20-23-14-11-15-24(30)18-23)28(34)21-33(39(3,36)37)25-16-9-10-17-27(25)38-5-2/h6-18,26H,4-5,19-21H2,1-3H3,(H,31,35). The van der Waals surface area contributed by atoms with E-state index in [-0.39, 0.29) is 24.6 Å². The number of nitrogens with zero attached hydrogens (tertiary/aromatic N) is 2. The van der Waals surface area contributed by atoms with Crippen LogP contribution < -0.4 is 14.4 Å². The highest BCUT2D eigenvalue weighted by molar-refractivity contribution is 7.92. The van der Waals surface area contributed by atoms with Gasteiger partial charge in [-0.1, -0.05) is 66.2 Å². The Kier molecular flexibility index (Phi) is 10.8. The minimum atomic E-state index is -3.90. The third kappa shape index (κ3) is 8.46. The first-order valence-electron chi connectivity index (χ1n) is 12.7. The maximum absolute atomic E-state index is 14.0. The molecule has 1 N–H and O–H groups in total. The molecule has 0 aliphatic rings. The summed E-state index contributed by atoms with van der Waals surface area (Å²) < 4.78 is 32.6. The average molecular weight is 572 g/mol. The molecule has 0 aliphatic heterocycles. The predicted molar refractivity (Wildman–Crippen MR) is 154 cm³/mol. The number of benzene rings is 3. The van der Waals surface area contributed by atoms with Crippen molar-refractivity contribution in [1.29, 1.82) is 0 Å². The van der Waals surface area contributed by atoms with E-state index in [2.05, 4.69) is 5.32 Å². The van der Waals surface area contributed by atoms with Gasteiger partial charge in [-0.3, -0.25) is 13.9 Å². The van der Waals surface area contributed by atoms with E-state index in [1.165, 1.54) is 4.90 Å². The Bertz CT molecular complexity index is 1370. The van der Waals surface area contributed by atoms with Crippen molar-refractivity contribution in [3.05, 3.63) is 95.0 Å². The van der Waals surface area contributed by atoms with Crippen molar-refractivity contribution in [3.63, 3.8) is 0 Å². The quantitative estimate of drug-likeness (QED) is 0.330. The second-order valence-corrected chi connectivity index (χ2v) is 11.3. The van der Waals surface area contributed by atoms with Gasteiger partial charge in [0, 0.05) is 24.5 Å². The molecule has 0 spiro atoms. The molecule has 0 radical (unpaired) electrons. The number of ether oxygens (including phenoxy) is 1. The molecule has 208 valence electrons. The van der Waals surface area contributed by atoms with Crippen molar-refractivity contribution in [2.24, 2.45) is 0 Å². The van der Waals surface area contributed by atoms with E-state index >= 15 is 0 Å². The van der Waals surface area contributed by atoms with E-state index in [0.717, 1.165) is 16.1 Å². The number of rotatable bonds is 13. The summed E-state index contributed by atoms with van der Waals surface area (Å²) >= 11 is 6.22. The molecule has 0 aliphatic carbocycles. The van der Waals surface area contributed by atoms with E-state index in [1.54, 1.807) is 56.3 Å². The van der Waals surface area contributed by atoms with Crippen LogP contribution in [0.1, 0.15) is 25.0 Å². The van der Waals surface area contributed by atoms with Crippen LogP contribution in [-0.2, 0) is 32.6 Å². The second kappa shape index (κ2) is 14.0. The van der Waals surface area contributed by atoms with Crippen LogP contribution in [-0.4, -0.2) is 57.1 Å². The highest BCUT2D eigenvalue weighted by Gasteiger charge is 2.33. The zero-order valence-electron chi connectivity index (χ0n) is 22.3. The van der Waals surface area contributed by atoms with Crippen LogP contribution in [0.3, 0.4) is 0 Å². The van der Waals surface area contributed by atoms with Gasteiger partial charge in [-0.05, 0) is 49.2 Å². The van der Waals surface area contributed by atoms with Crippen molar-refractivity contribution in [3.8, 4) is 5.75 Å². The first-order valence-corrected chi connectivity index (χ1v) is 14.9. The lowest BCUT2D eigenvalue weighted by atomic mass is 10.0. The topological polar surface area (TPSA) is 96.0 Å². The summed E-state index contributed by atoms with van der Waals surface area (Å²) in [5.41, 5.74) is 1.81. The fourth-order valence-electron chi connectivity index (χ4n) is 4.21. The zero-order valence-corrected chi connectivity index (χ0v) is 23.9. The Hall–Kier alpha value is -3.56. The SMILES string of the molecule is CCNC(=O)C(Cc1ccccc1)N(Cc1cccc(Cl)c1)C(=O)CN(c1ccccc1OCC)S(C)(=O)=O. The first kappa shape index (κ1) is 30.0. The van der Waals surface area contributed by atoms with Crippen LogP contribution in [0.25, 0.3) is 0 Å². The van der Waals surface area contributed by atoms with Crippen LogP contribution in [0.2, 0.25) is 5.02 Å². The number of sulfonamides is 1. The number of carbonyl (C=O) groups excluding carboxylic acids is 2. The van der Waals surface area contributed by atoms with Gasteiger partial charge in [-0.25, -0.2) is 8.42 Å². The number of likely N-dealkylation sites (N-methyl/N-ethyl adjacent to an activating group) is 1. The minimum absolute atomic E-state index is 0.0543. The third-order valence-corrected chi connectivity index (χ3v) is 7.34. The van der Waals surface area contributed by atoms with E-state index in [9.17, 15) is 18.0 Å². The number of hydrogen-bond donors (Lipinski definition) is 1. The Morgan fingerprint density at radius 2 is 1.62 bits per heavy atom. The number of nitrogens with one attached hydrogen (secondary N) is 1. The number of hydrogen-bond acceptors (Lipinski definition) is 5. The molecule has 3 aromatic carbocycles. The molecule has 1 atom stereocenters. The molecular weight excluding hydrogens is 538 g/mol. The molecule has 2 amide bonds. The van der Waals surface area contributed by atoms with Crippen molar-refractivity contribution in [2.75, 3.05) is 30.3 Å². The van der Waals surface area contributed by atoms with Crippen LogP contribution in [0, 0.1) is 0 Å². The molecule has 3 aromatic rings. The largest absolute Gasteiger partial charge is 0.492 e. The summed E-state index contributed by atoms with van der Waals surface area (Å²) in [5.74, 6) is -0.541. The molecule has 0 bridgehead atoms. The summed E-state index contributed by atoms with van der Waals surface area (Å²) in [6.07, 6.45) is 1.28. The monoisotopic (exact) mass is 571 g/mol. The molecule has 39 heavy (non-hydrogen) atoms. The molecule has 0 fully saturated rings. The molecule has 0 saturated heterocycles. The summed E-state index contributed by atoms with van der Waals surface area (Å²) in [6.45, 7) is 3.82. The first-order chi connectivity index (χ1) is 18.6. The summed E-state index contributed by atoms with van der Waals surface area (Å²) in [7, 11) is -3.90. The van der Waals surface area contributed by atoms with Crippen molar-refractivity contribution < 1.29 is 22.7 Å². The molecule has 0 aromatic heterocycles. The second-order valence-electron chi connectivity index (χ2n) is 8.92. The third-order valence-electron chi connectivity index (χ3n) is 5.98. The molecular formula is C29H34ClN3O5S. The van der Waals surface area contributed by atoms with Gasteiger partial charge >= 0.3 is 0 Å². The number of carbonyl (C=O) groups is 2. The Balaban J connectivity index is 2.06. The number of amides is 2. The van der Waals surface area contributed by atoms with Crippen LogP contribution in [0.15, 0.2) is 78.9 Å². The molecule has 10 heteroatoms. The van der Waals surface area contributed by atoms with Gasteiger partial charge < -0.3 is 15.0 Å². The van der Waals surface area contributed by atoms with Crippen molar-refractivity contribution in [2.45, 2.75) is 32.9 Å². The van der Waals surface area contributed by atoms with Gasteiger partial charge in [0.25, 0.3) is 0 Å². The Morgan fingerprint density at radius 1 is 0.949 bits per heavy atom. The average Bonchev–Trinajstić information content (AvgIpc) is 2.90. The fraction of sp³-hybridized carbons (Fsp3) is 0.310. The maximum atomic E-state index is 14.0. The molecule has 0 saturated carbocycles. The lowest BCUT2D eigenvalue weighted by Crippen LogP contribution is -2.53.